The summed E-state index contributed by atoms with van der Waals surface area (Å²) < 4.78 is 4.67. The molecule has 1 heterocycles. The molecule has 6 heteroatoms. The topological polar surface area (TPSA) is 74.2 Å². The van der Waals surface area contributed by atoms with Crippen molar-refractivity contribution >= 4 is 18.3 Å². The van der Waals surface area contributed by atoms with Crippen LogP contribution in [0.5, 0.6) is 0 Å². The molecule has 0 spiro atoms. The Morgan fingerprint density at radius 2 is 2.43 bits per heavy atom. The lowest BCUT2D eigenvalue weighted by Crippen LogP contribution is -2.41. The average Bonchev–Trinajstić information content (AvgIpc) is 2.52. The van der Waals surface area contributed by atoms with Gasteiger partial charge in [-0.15, -0.1) is 12.4 Å². The van der Waals surface area contributed by atoms with Crippen molar-refractivity contribution < 1.29 is 9.53 Å². The second-order valence-electron chi connectivity index (χ2n) is 3.00. The predicted octanol–water partition coefficient (Wildman–Crippen LogP) is -0.718. The Morgan fingerprint density at radius 1 is 1.71 bits per heavy atom. The molecule has 5 nitrogen and oxygen atoms in total. The fourth-order valence-corrected chi connectivity index (χ4v) is 1.35. The minimum atomic E-state index is -0.170. The van der Waals surface area contributed by atoms with Gasteiger partial charge in [-0.25, -0.2) is 0 Å². The smallest absolute Gasteiger partial charge is 0.246 e. The van der Waals surface area contributed by atoms with Crippen molar-refractivity contribution in [1.82, 2.24) is 10.6 Å². The van der Waals surface area contributed by atoms with E-state index in [1.54, 1.807) is 0 Å². The molecule has 14 heavy (non-hydrogen) atoms. The highest BCUT2D eigenvalue weighted by molar-refractivity contribution is 5.85. The van der Waals surface area contributed by atoms with Crippen LogP contribution in [0.15, 0.2) is 0 Å². The highest BCUT2D eigenvalue weighted by Gasteiger charge is 2.27. The summed E-state index contributed by atoms with van der Waals surface area (Å²) in [6.45, 7) is 1.36. The Labute approximate surface area is 89.2 Å². The van der Waals surface area contributed by atoms with Gasteiger partial charge in [0.2, 0.25) is 5.91 Å². The van der Waals surface area contributed by atoms with Crippen LogP contribution in [0.3, 0.4) is 0 Å². The van der Waals surface area contributed by atoms with Gasteiger partial charge in [0, 0.05) is 20.2 Å². The third-order valence-corrected chi connectivity index (χ3v) is 2.00. The van der Waals surface area contributed by atoms with Crippen LogP contribution in [-0.4, -0.2) is 38.8 Å². The standard InChI is InChI=1S/C8H13N3O2.ClH/c1-13-5-8(12)11-7-4-10-3-6(7)2-9;/h6-7,10H,3-5H2,1H3,(H,11,12);1H. The highest BCUT2D eigenvalue weighted by Crippen LogP contribution is 2.06. The molecule has 2 N–H and O–H groups in total. The summed E-state index contributed by atoms with van der Waals surface area (Å²) in [4.78, 5) is 11.1. The number of ether oxygens (including phenoxy) is 1. The molecule has 1 aliphatic heterocycles. The molecule has 0 aromatic rings. The third-order valence-electron chi connectivity index (χ3n) is 2.00. The number of nitriles is 1. The number of amides is 1. The number of hydrogen-bond donors (Lipinski definition) is 2. The van der Waals surface area contributed by atoms with Gasteiger partial charge in [-0.1, -0.05) is 0 Å². The first kappa shape index (κ1) is 13.2. The molecular weight excluding hydrogens is 206 g/mol. The van der Waals surface area contributed by atoms with E-state index < -0.39 is 0 Å². The molecule has 0 aromatic carbocycles. The van der Waals surface area contributed by atoms with Crippen LogP contribution >= 0.6 is 12.4 Å². The predicted molar refractivity (Wildman–Crippen MR) is 53.0 cm³/mol. The molecule has 1 amide bonds. The van der Waals surface area contributed by atoms with E-state index >= 15 is 0 Å². The Bertz CT molecular complexity index is 229. The zero-order chi connectivity index (χ0) is 9.68. The summed E-state index contributed by atoms with van der Waals surface area (Å²) in [7, 11) is 1.47. The number of hydrogen-bond acceptors (Lipinski definition) is 4. The summed E-state index contributed by atoms with van der Waals surface area (Å²) in [5, 5.41) is 14.5. The van der Waals surface area contributed by atoms with E-state index in [0.717, 1.165) is 0 Å². The van der Waals surface area contributed by atoms with Gasteiger partial charge < -0.3 is 15.4 Å². The first-order valence-corrected chi connectivity index (χ1v) is 4.16. The Morgan fingerprint density at radius 3 is 3.00 bits per heavy atom. The first-order chi connectivity index (χ1) is 6.27. The lowest BCUT2D eigenvalue weighted by molar-refractivity contribution is -0.125. The number of halogens is 1. The van der Waals surface area contributed by atoms with Gasteiger partial charge in [-0.05, 0) is 0 Å². The molecule has 80 valence electrons. The summed E-state index contributed by atoms with van der Waals surface area (Å²) in [5.41, 5.74) is 0. The maximum atomic E-state index is 11.1. The van der Waals surface area contributed by atoms with Gasteiger partial charge in [0.05, 0.1) is 18.0 Å². The third kappa shape index (κ3) is 3.50. The van der Waals surface area contributed by atoms with Crippen molar-refractivity contribution in [3.8, 4) is 6.07 Å². The lowest BCUT2D eigenvalue weighted by atomic mass is 10.1. The number of rotatable bonds is 3. The molecule has 2 unspecified atom stereocenters. The molecule has 2 atom stereocenters. The zero-order valence-corrected chi connectivity index (χ0v) is 8.76. The molecule has 1 aliphatic rings. The van der Waals surface area contributed by atoms with E-state index in [-0.39, 0.29) is 36.9 Å². The van der Waals surface area contributed by atoms with Crippen LogP contribution in [0.2, 0.25) is 0 Å². The van der Waals surface area contributed by atoms with Crippen molar-refractivity contribution in [2.24, 2.45) is 5.92 Å². The van der Waals surface area contributed by atoms with Gasteiger partial charge in [-0.2, -0.15) is 5.26 Å². The number of nitrogens with one attached hydrogen (secondary N) is 2. The molecule has 1 rings (SSSR count). The zero-order valence-electron chi connectivity index (χ0n) is 7.95. The van der Waals surface area contributed by atoms with Crippen molar-refractivity contribution in [3.63, 3.8) is 0 Å². The number of methoxy groups -OCH3 is 1. The van der Waals surface area contributed by atoms with Gasteiger partial charge in [0.1, 0.15) is 6.61 Å². The molecule has 0 bridgehead atoms. The Balaban J connectivity index is 0.00000169. The van der Waals surface area contributed by atoms with Crippen LogP contribution in [0.4, 0.5) is 0 Å². The molecule has 1 fully saturated rings. The van der Waals surface area contributed by atoms with Crippen LogP contribution in [0, 0.1) is 17.2 Å². The van der Waals surface area contributed by atoms with Crippen molar-refractivity contribution in [3.05, 3.63) is 0 Å². The molecule has 1 saturated heterocycles. The number of carbonyl (C=O) groups excluding carboxylic acids is 1. The minimum absolute atomic E-state index is 0. The van der Waals surface area contributed by atoms with Crippen LogP contribution in [0.25, 0.3) is 0 Å². The number of carbonyl (C=O) groups is 1. The van der Waals surface area contributed by atoms with E-state index in [0.29, 0.717) is 13.1 Å². The van der Waals surface area contributed by atoms with E-state index in [2.05, 4.69) is 21.4 Å². The minimum Gasteiger partial charge on any atom is -0.375 e. The normalized spacial score (nSPS) is 24.9. The summed E-state index contributed by atoms with van der Waals surface area (Å²) in [6.07, 6.45) is 0. The monoisotopic (exact) mass is 219 g/mol. The molecule has 0 saturated carbocycles. The first-order valence-electron chi connectivity index (χ1n) is 4.16. The van der Waals surface area contributed by atoms with E-state index in [1.165, 1.54) is 7.11 Å². The second kappa shape index (κ2) is 6.60. The Hall–Kier alpha value is -0.830. The molecule has 0 radical (unpaired) electrons. The summed E-state index contributed by atoms with van der Waals surface area (Å²) in [6, 6.07) is 2.07. The van der Waals surface area contributed by atoms with Crippen LogP contribution < -0.4 is 10.6 Å². The van der Waals surface area contributed by atoms with Crippen molar-refractivity contribution in [1.29, 1.82) is 5.26 Å². The van der Waals surface area contributed by atoms with Crippen LogP contribution in [-0.2, 0) is 9.53 Å². The van der Waals surface area contributed by atoms with Crippen molar-refractivity contribution in [2.75, 3.05) is 26.8 Å². The van der Waals surface area contributed by atoms with E-state index in [9.17, 15) is 4.79 Å². The maximum Gasteiger partial charge on any atom is 0.246 e. The fraction of sp³-hybridized carbons (Fsp3) is 0.750. The SMILES string of the molecule is COCC(=O)NC1CNCC1C#N.Cl. The lowest BCUT2D eigenvalue weighted by Gasteiger charge is -2.13. The van der Waals surface area contributed by atoms with E-state index in [4.69, 9.17) is 5.26 Å². The van der Waals surface area contributed by atoms with Gasteiger partial charge in [-0.3, -0.25) is 4.79 Å². The van der Waals surface area contributed by atoms with Gasteiger partial charge >= 0.3 is 0 Å². The van der Waals surface area contributed by atoms with E-state index in [1.807, 2.05) is 0 Å². The summed E-state index contributed by atoms with van der Waals surface area (Å²) in [5.74, 6) is -0.294. The number of nitrogens with zero attached hydrogens (tertiary/aromatic N) is 1. The molecule has 0 aliphatic carbocycles. The van der Waals surface area contributed by atoms with Gasteiger partial charge in [0.25, 0.3) is 0 Å². The molecular formula is C8H14ClN3O2. The maximum absolute atomic E-state index is 11.1. The second-order valence-corrected chi connectivity index (χ2v) is 3.00. The summed E-state index contributed by atoms with van der Waals surface area (Å²) >= 11 is 0. The largest absolute Gasteiger partial charge is 0.375 e. The highest BCUT2D eigenvalue weighted by atomic mass is 35.5. The average molecular weight is 220 g/mol. The van der Waals surface area contributed by atoms with Gasteiger partial charge in [0.15, 0.2) is 0 Å². The van der Waals surface area contributed by atoms with Crippen molar-refractivity contribution in [2.45, 2.75) is 6.04 Å². The Kier molecular flexibility index (Phi) is 6.21. The quantitative estimate of drug-likeness (QED) is 0.657. The fourth-order valence-electron chi connectivity index (χ4n) is 1.35. The molecule has 0 aromatic heterocycles. The van der Waals surface area contributed by atoms with Crippen LogP contribution in [0.1, 0.15) is 0 Å².